The van der Waals surface area contributed by atoms with E-state index in [1.165, 1.54) is 5.56 Å². The summed E-state index contributed by atoms with van der Waals surface area (Å²) in [5.74, 6) is 0.915. The van der Waals surface area contributed by atoms with E-state index >= 15 is 0 Å². The van der Waals surface area contributed by atoms with Gasteiger partial charge in [-0.05, 0) is 39.0 Å². The molecule has 2 aromatic heterocycles. The molecule has 5 heteroatoms. The molecule has 20 heavy (non-hydrogen) atoms. The first-order chi connectivity index (χ1) is 9.34. The minimum Gasteiger partial charge on any atom is -0.325 e. The zero-order valence-corrected chi connectivity index (χ0v) is 13.8. The fraction of sp³-hybridized carbons (Fsp3) is 0.400. The normalized spacial score (nSPS) is 12.7. The Morgan fingerprint density at radius 1 is 1.30 bits per heavy atom. The van der Waals surface area contributed by atoms with Crippen LogP contribution >= 0.6 is 15.9 Å². The maximum Gasteiger partial charge on any atom is 0.215 e. The highest BCUT2D eigenvalue weighted by Gasteiger charge is 2.19. The second-order valence-corrected chi connectivity index (χ2v) is 6.95. The summed E-state index contributed by atoms with van der Waals surface area (Å²) in [6.45, 7) is 7.15. The van der Waals surface area contributed by atoms with Gasteiger partial charge in [-0.15, -0.1) is 0 Å². The molecule has 0 atom stereocenters. The molecule has 2 N–H and O–H groups in total. The molecule has 0 saturated heterocycles. The van der Waals surface area contributed by atoms with E-state index in [0.29, 0.717) is 6.54 Å². The van der Waals surface area contributed by atoms with E-state index in [0.717, 1.165) is 27.1 Å². The van der Waals surface area contributed by atoms with Gasteiger partial charge in [-0.3, -0.25) is 4.40 Å². The third-order valence-corrected chi connectivity index (χ3v) is 4.65. The number of fused-ring (bicyclic) bond motifs is 3. The first-order valence-corrected chi connectivity index (χ1v) is 7.49. The van der Waals surface area contributed by atoms with Crippen molar-refractivity contribution in [1.82, 2.24) is 14.0 Å². The molecular formula is C15H19BrN4. The Bertz CT molecular complexity index is 805. The van der Waals surface area contributed by atoms with Crippen LogP contribution in [0.25, 0.3) is 16.8 Å². The van der Waals surface area contributed by atoms with Crippen LogP contribution < -0.4 is 5.73 Å². The minimum atomic E-state index is 0.121. The molecule has 0 bridgehead atoms. The van der Waals surface area contributed by atoms with Crippen molar-refractivity contribution in [3.8, 4) is 0 Å². The fourth-order valence-electron chi connectivity index (χ4n) is 2.56. The van der Waals surface area contributed by atoms with Crippen LogP contribution in [-0.4, -0.2) is 14.0 Å². The lowest BCUT2D eigenvalue weighted by molar-refractivity contribution is 0.591. The Labute approximate surface area is 126 Å². The summed E-state index contributed by atoms with van der Waals surface area (Å²) in [5, 5.41) is 0. The summed E-state index contributed by atoms with van der Waals surface area (Å²) >= 11 is 3.66. The van der Waals surface area contributed by atoms with Gasteiger partial charge < -0.3 is 10.3 Å². The zero-order chi connectivity index (χ0) is 14.7. The topological polar surface area (TPSA) is 48.2 Å². The van der Waals surface area contributed by atoms with Gasteiger partial charge in [0, 0.05) is 13.6 Å². The van der Waals surface area contributed by atoms with Crippen LogP contribution in [0.15, 0.2) is 22.8 Å². The Morgan fingerprint density at radius 2 is 2.00 bits per heavy atom. The number of halogens is 1. The summed E-state index contributed by atoms with van der Waals surface area (Å²) in [4.78, 5) is 4.71. The third kappa shape index (κ3) is 1.80. The second-order valence-electron chi connectivity index (χ2n) is 6.20. The Balaban J connectivity index is 2.41. The van der Waals surface area contributed by atoms with Crippen LogP contribution in [0, 0.1) is 0 Å². The summed E-state index contributed by atoms with van der Waals surface area (Å²) in [5.41, 5.74) is 10.4. The molecule has 4 nitrogen and oxygen atoms in total. The molecule has 0 aliphatic heterocycles. The van der Waals surface area contributed by atoms with Gasteiger partial charge >= 0.3 is 0 Å². The number of aromatic nitrogens is 3. The van der Waals surface area contributed by atoms with Crippen LogP contribution in [0.2, 0.25) is 0 Å². The van der Waals surface area contributed by atoms with Gasteiger partial charge in [-0.2, -0.15) is 0 Å². The molecule has 0 amide bonds. The quantitative estimate of drug-likeness (QED) is 0.741. The van der Waals surface area contributed by atoms with Crippen LogP contribution in [0.4, 0.5) is 0 Å². The van der Waals surface area contributed by atoms with Crippen molar-refractivity contribution < 1.29 is 0 Å². The monoisotopic (exact) mass is 334 g/mol. The van der Waals surface area contributed by atoms with E-state index in [1.54, 1.807) is 0 Å². The van der Waals surface area contributed by atoms with Crippen molar-refractivity contribution in [1.29, 1.82) is 0 Å². The minimum absolute atomic E-state index is 0.121. The number of nitrogens with zero attached hydrogens (tertiary/aromatic N) is 3. The highest BCUT2D eigenvalue weighted by molar-refractivity contribution is 9.10. The van der Waals surface area contributed by atoms with Crippen molar-refractivity contribution in [3.05, 3.63) is 34.1 Å². The number of imidazole rings is 2. The van der Waals surface area contributed by atoms with Crippen LogP contribution in [0.1, 0.15) is 32.0 Å². The molecule has 3 rings (SSSR count). The molecule has 0 fully saturated rings. The average Bonchev–Trinajstić information content (AvgIpc) is 2.85. The van der Waals surface area contributed by atoms with E-state index < -0.39 is 0 Å². The van der Waals surface area contributed by atoms with Gasteiger partial charge in [0.1, 0.15) is 4.60 Å². The van der Waals surface area contributed by atoms with Crippen molar-refractivity contribution in [3.63, 3.8) is 0 Å². The molecular weight excluding hydrogens is 316 g/mol. The second kappa shape index (κ2) is 4.33. The number of nitrogens with two attached hydrogens (primary N) is 1. The fourth-order valence-corrected chi connectivity index (χ4v) is 3.33. The number of rotatable bonds is 1. The number of aryl methyl sites for hydroxylation is 1. The Kier molecular flexibility index (Phi) is 2.95. The van der Waals surface area contributed by atoms with Gasteiger partial charge in [-0.25, -0.2) is 4.98 Å². The van der Waals surface area contributed by atoms with Crippen LogP contribution in [0.3, 0.4) is 0 Å². The van der Waals surface area contributed by atoms with Gasteiger partial charge in [0.05, 0.1) is 16.7 Å². The summed E-state index contributed by atoms with van der Waals surface area (Å²) in [6, 6.07) is 6.48. The average molecular weight is 335 g/mol. The molecule has 3 aromatic rings. The van der Waals surface area contributed by atoms with Crippen molar-refractivity contribution in [2.45, 2.75) is 32.7 Å². The highest BCUT2D eigenvalue weighted by Crippen LogP contribution is 2.30. The zero-order valence-electron chi connectivity index (χ0n) is 12.2. The van der Waals surface area contributed by atoms with E-state index in [4.69, 9.17) is 10.7 Å². The number of benzene rings is 1. The molecule has 0 saturated carbocycles. The van der Waals surface area contributed by atoms with Gasteiger partial charge in [0.15, 0.2) is 0 Å². The summed E-state index contributed by atoms with van der Waals surface area (Å²) < 4.78 is 5.17. The molecule has 0 aliphatic carbocycles. The van der Waals surface area contributed by atoms with Crippen molar-refractivity contribution in [2.75, 3.05) is 0 Å². The Morgan fingerprint density at radius 3 is 2.60 bits per heavy atom. The molecule has 106 valence electrons. The largest absolute Gasteiger partial charge is 0.325 e. The summed E-state index contributed by atoms with van der Waals surface area (Å²) in [7, 11) is 2.00. The lowest BCUT2D eigenvalue weighted by Crippen LogP contribution is -2.10. The molecule has 0 aliphatic rings. The molecule has 0 unspecified atom stereocenters. The molecule has 2 heterocycles. The predicted octanol–water partition coefficient (Wildman–Crippen LogP) is 3.34. The number of hydrogen-bond donors (Lipinski definition) is 1. The SMILES string of the molecule is Cn1c(CN)c(Br)n2c3cc(C(C)(C)C)ccc3nc12. The molecule has 1 aromatic carbocycles. The maximum absolute atomic E-state index is 5.83. The maximum atomic E-state index is 5.83. The van der Waals surface area contributed by atoms with Gasteiger partial charge in [-0.1, -0.05) is 26.8 Å². The van der Waals surface area contributed by atoms with Crippen LogP contribution in [0.5, 0.6) is 0 Å². The van der Waals surface area contributed by atoms with Gasteiger partial charge in [0.2, 0.25) is 5.78 Å². The first-order valence-electron chi connectivity index (χ1n) is 6.70. The standard InChI is InChI=1S/C15H19BrN4/c1-15(2,3)9-5-6-10-11(7-9)20-13(16)12(8-17)19(4)14(20)18-10/h5-7H,8,17H2,1-4H3. The van der Waals surface area contributed by atoms with Crippen molar-refractivity contribution >= 4 is 32.7 Å². The highest BCUT2D eigenvalue weighted by atomic mass is 79.9. The first kappa shape index (κ1) is 13.6. The van der Waals surface area contributed by atoms with E-state index in [1.807, 2.05) is 11.6 Å². The van der Waals surface area contributed by atoms with Crippen molar-refractivity contribution in [2.24, 2.45) is 12.8 Å². The molecule has 0 radical (unpaired) electrons. The van der Waals surface area contributed by atoms with E-state index in [-0.39, 0.29) is 5.41 Å². The predicted molar refractivity (Wildman–Crippen MR) is 86.0 cm³/mol. The lowest BCUT2D eigenvalue weighted by atomic mass is 9.87. The van der Waals surface area contributed by atoms with Crippen LogP contribution in [-0.2, 0) is 19.0 Å². The Hall–Kier alpha value is -1.33. The van der Waals surface area contributed by atoms with E-state index in [9.17, 15) is 0 Å². The number of hydrogen-bond acceptors (Lipinski definition) is 2. The van der Waals surface area contributed by atoms with E-state index in [2.05, 4.69) is 59.3 Å². The summed E-state index contributed by atoms with van der Waals surface area (Å²) in [6.07, 6.45) is 0. The smallest absolute Gasteiger partial charge is 0.215 e. The lowest BCUT2D eigenvalue weighted by Gasteiger charge is -2.18. The van der Waals surface area contributed by atoms with Gasteiger partial charge in [0.25, 0.3) is 0 Å². The third-order valence-electron chi connectivity index (χ3n) is 3.84. The molecule has 0 spiro atoms.